The molecule has 0 bridgehead atoms. The molecular weight excluding hydrogens is 268 g/mol. The van der Waals surface area contributed by atoms with E-state index in [9.17, 15) is 4.79 Å². The van der Waals surface area contributed by atoms with Gasteiger partial charge in [0.25, 0.3) is 5.91 Å². The Bertz CT molecular complexity index is 459. The molecule has 0 aromatic carbocycles. The van der Waals surface area contributed by atoms with Crippen molar-refractivity contribution in [3.8, 4) is 0 Å². The van der Waals surface area contributed by atoms with E-state index in [1.54, 1.807) is 19.2 Å². The molecule has 1 unspecified atom stereocenters. The fourth-order valence-corrected chi connectivity index (χ4v) is 2.38. The first-order valence-electron chi connectivity index (χ1n) is 7.54. The summed E-state index contributed by atoms with van der Waals surface area (Å²) in [5.74, 6) is 1.23. The molecule has 2 rings (SSSR count). The van der Waals surface area contributed by atoms with Gasteiger partial charge < -0.3 is 15.0 Å². The van der Waals surface area contributed by atoms with E-state index in [-0.39, 0.29) is 11.9 Å². The van der Waals surface area contributed by atoms with Gasteiger partial charge in [0.05, 0.1) is 6.61 Å². The number of rotatable bonds is 8. The topological polar surface area (TPSA) is 67.4 Å². The maximum absolute atomic E-state index is 12.6. The highest BCUT2D eigenvalue weighted by atomic mass is 16.5. The second-order valence-electron chi connectivity index (χ2n) is 5.40. The minimum Gasteiger partial charge on any atom is -0.383 e. The van der Waals surface area contributed by atoms with Crippen LogP contribution in [0.3, 0.4) is 0 Å². The van der Waals surface area contributed by atoms with Gasteiger partial charge >= 0.3 is 0 Å². The molecule has 1 N–H and O–H groups in total. The van der Waals surface area contributed by atoms with Crippen LogP contribution in [0.5, 0.6) is 0 Å². The SMILES string of the molecule is CCNc1ccc(C(=O)N(CCOC)C(C)C2CC2)nn1. The summed E-state index contributed by atoms with van der Waals surface area (Å²) in [6, 6.07) is 3.75. The zero-order valence-electron chi connectivity index (χ0n) is 13.0. The van der Waals surface area contributed by atoms with Crippen molar-refractivity contribution in [3.05, 3.63) is 17.8 Å². The van der Waals surface area contributed by atoms with Gasteiger partial charge in [-0.2, -0.15) is 0 Å². The number of nitrogens with one attached hydrogen (secondary N) is 1. The molecule has 0 saturated heterocycles. The van der Waals surface area contributed by atoms with Crippen LogP contribution in [0.25, 0.3) is 0 Å². The molecule has 1 aromatic heterocycles. The Balaban J connectivity index is 2.08. The number of methoxy groups -OCH3 is 1. The third-order valence-electron chi connectivity index (χ3n) is 3.83. The molecule has 1 aromatic rings. The third kappa shape index (κ3) is 4.14. The van der Waals surface area contributed by atoms with E-state index in [0.717, 1.165) is 6.54 Å². The van der Waals surface area contributed by atoms with Crippen LogP contribution >= 0.6 is 0 Å². The summed E-state index contributed by atoms with van der Waals surface area (Å²) in [4.78, 5) is 14.5. The number of aromatic nitrogens is 2. The van der Waals surface area contributed by atoms with Crippen LogP contribution in [-0.2, 0) is 4.74 Å². The molecule has 6 heteroatoms. The van der Waals surface area contributed by atoms with Crippen LogP contribution in [0.1, 0.15) is 37.2 Å². The van der Waals surface area contributed by atoms with Gasteiger partial charge in [-0.25, -0.2) is 0 Å². The van der Waals surface area contributed by atoms with Crippen molar-refractivity contribution in [1.82, 2.24) is 15.1 Å². The normalized spacial score (nSPS) is 15.6. The number of carbonyl (C=O) groups excluding carboxylic acids is 1. The summed E-state index contributed by atoms with van der Waals surface area (Å²) in [5, 5.41) is 11.1. The summed E-state index contributed by atoms with van der Waals surface area (Å²) in [6.07, 6.45) is 2.39. The number of ether oxygens (including phenoxy) is 1. The monoisotopic (exact) mass is 292 g/mol. The van der Waals surface area contributed by atoms with Crippen molar-refractivity contribution >= 4 is 11.7 Å². The van der Waals surface area contributed by atoms with Gasteiger partial charge in [-0.05, 0) is 44.7 Å². The highest BCUT2D eigenvalue weighted by molar-refractivity contribution is 5.92. The minimum absolute atomic E-state index is 0.0676. The molecule has 1 aliphatic rings. The summed E-state index contributed by atoms with van der Waals surface area (Å²) in [5.41, 5.74) is 0.389. The maximum atomic E-state index is 12.6. The van der Waals surface area contributed by atoms with Crippen LogP contribution in [0.15, 0.2) is 12.1 Å². The molecule has 1 atom stereocenters. The number of amides is 1. The average Bonchev–Trinajstić information content (AvgIpc) is 3.33. The van der Waals surface area contributed by atoms with Crippen LogP contribution in [0.2, 0.25) is 0 Å². The van der Waals surface area contributed by atoms with Crippen molar-refractivity contribution in [2.24, 2.45) is 5.92 Å². The van der Waals surface area contributed by atoms with Gasteiger partial charge in [-0.15, -0.1) is 10.2 Å². The van der Waals surface area contributed by atoms with E-state index in [1.807, 2.05) is 11.8 Å². The van der Waals surface area contributed by atoms with E-state index in [2.05, 4.69) is 22.4 Å². The molecular formula is C15H24N4O2. The Hall–Kier alpha value is -1.69. The Morgan fingerprint density at radius 3 is 2.76 bits per heavy atom. The lowest BCUT2D eigenvalue weighted by atomic mass is 10.1. The van der Waals surface area contributed by atoms with Crippen LogP contribution in [0, 0.1) is 5.92 Å². The van der Waals surface area contributed by atoms with Crippen molar-refractivity contribution in [1.29, 1.82) is 0 Å². The predicted octanol–water partition coefficient (Wildman–Crippen LogP) is 1.80. The van der Waals surface area contributed by atoms with Crippen molar-refractivity contribution in [3.63, 3.8) is 0 Å². The molecule has 1 heterocycles. The quantitative estimate of drug-likeness (QED) is 0.791. The van der Waals surface area contributed by atoms with Gasteiger partial charge in [-0.3, -0.25) is 4.79 Å². The second kappa shape index (κ2) is 7.36. The summed E-state index contributed by atoms with van der Waals surface area (Å²) in [7, 11) is 1.65. The van der Waals surface area contributed by atoms with E-state index >= 15 is 0 Å². The lowest BCUT2D eigenvalue weighted by molar-refractivity contribution is 0.0587. The Morgan fingerprint density at radius 1 is 1.48 bits per heavy atom. The van der Waals surface area contributed by atoms with E-state index in [4.69, 9.17) is 4.74 Å². The first kappa shape index (κ1) is 15.7. The number of anilines is 1. The number of nitrogens with zero attached hydrogens (tertiary/aromatic N) is 3. The molecule has 116 valence electrons. The summed E-state index contributed by atoms with van der Waals surface area (Å²) < 4.78 is 5.12. The summed E-state index contributed by atoms with van der Waals surface area (Å²) in [6.45, 7) is 5.99. The first-order chi connectivity index (χ1) is 10.2. The van der Waals surface area contributed by atoms with Crippen molar-refractivity contribution < 1.29 is 9.53 Å². The standard InChI is InChI=1S/C15H24N4O2/c1-4-16-14-8-7-13(17-18-14)15(20)19(9-10-21-3)11(2)12-5-6-12/h7-8,11-12H,4-6,9-10H2,1-3H3,(H,16,18). The first-order valence-corrected chi connectivity index (χ1v) is 7.54. The molecule has 0 aliphatic heterocycles. The summed E-state index contributed by atoms with van der Waals surface area (Å²) >= 11 is 0. The highest BCUT2D eigenvalue weighted by Crippen LogP contribution is 2.35. The zero-order chi connectivity index (χ0) is 15.2. The lowest BCUT2D eigenvalue weighted by Crippen LogP contribution is -2.42. The molecule has 0 spiro atoms. The van der Waals surface area contributed by atoms with Gasteiger partial charge in [0, 0.05) is 26.2 Å². The van der Waals surface area contributed by atoms with Gasteiger partial charge in [0.2, 0.25) is 0 Å². The molecule has 0 radical (unpaired) electrons. The fraction of sp³-hybridized carbons (Fsp3) is 0.667. The van der Waals surface area contributed by atoms with Crippen LogP contribution < -0.4 is 5.32 Å². The Kier molecular flexibility index (Phi) is 5.50. The van der Waals surface area contributed by atoms with E-state index in [0.29, 0.717) is 30.6 Å². The molecule has 1 saturated carbocycles. The molecule has 1 aliphatic carbocycles. The zero-order valence-corrected chi connectivity index (χ0v) is 13.0. The molecule has 6 nitrogen and oxygen atoms in total. The molecule has 1 amide bonds. The average molecular weight is 292 g/mol. The number of hydrogen-bond acceptors (Lipinski definition) is 5. The maximum Gasteiger partial charge on any atom is 0.274 e. The van der Waals surface area contributed by atoms with Crippen LogP contribution in [-0.4, -0.2) is 53.9 Å². The van der Waals surface area contributed by atoms with Crippen molar-refractivity contribution in [2.75, 3.05) is 32.1 Å². The smallest absolute Gasteiger partial charge is 0.274 e. The molecule has 21 heavy (non-hydrogen) atoms. The number of hydrogen-bond donors (Lipinski definition) is 1. The van der Waals surface area contributed by atoms with Crippen LogP contribution in [0.4, 0.5) is 5.82 Å². The lowest BCUT2D eigenvalue weighted by Gasteiger charge is -2.28. The van der Waals surface area contributed by atoms with E-state index < -0.39 is 0 Å². The third-order valence-corrected chi connectivity index (χ3v) is 3.83. The largest absolute Gasteiger partial charge is 0.383 e. The Labute approximate surface area is 125 Å². The minimum atomic E-state index is -0.0676. The number of carbonyl (C=O) groups is 1. The van der Waals surface area contributed by atoms with Crippen molar-refractivity contribution in [2.45, 2.75) is 32.7 Å². The van der Waals surface area contributed by atoms with Gasteiger partial charge in [0.15, 0.2) is 5.69 Å². The molecule has 1 fully saturated rings. The van der Waals surface area contributed by atoms with E-state index in [1.165, 1.54) is 12.8 Å². The fourth-order valence-electron chi connectivity index (χ4n) is 2.38. The second-order valence-corrected chi connectivity index (χ2v) is 5.40. The predicted molar refractivity (Wildman–Crippen MR) is 81.3 cm³/mol. The highest BCUT2D eigenvalue weighted by Gasteiger charge is 2.34. The van der Waals surface area contributed by atoms with Gasteiger partial charge in [-0.1, -0.05) is 0 Å². The van der Waals surface area contributed by atoms with Gasteiger partial charge in [0.1, 0.15) is 5.82 Å². The Morgan fingerprint density at radius 2 is 2.24 bits per heavy atom.